The summed E-state index contributed by atoms with van der Waals surface area (Å²) in [7, 11) is -3.74. The molecule has 2 amide bonds. The second-order valence-electron chi connectivity index (χ2n) is 10.2. The third-order valence-electron chi connectivity index (χ3n) is 6.83. The van der Waals surface area contributed by atoms with Gasteiger partial charge < -0.3 is 10.2 Å². The van der Waals surface area contributed by atoms with Gasteiger partial charge in [0.05, 0.1) is 11.9 Å². The van der Waals surface area contributed by atoms with Gasteiger partial charge in [-0.3, -0.25) is 13.9 Å². The molecule has 0 saturated heterocycles. The molecule has 0 bridgehead atoms. The summed E-state index contributed by atoms with van der Waals surface area (Å²) < 4.78 is 26.6. The molecule has 2 aromatic carbocycles. The number of rotatable bonds is 10. The van der Waals surface area contributed by atoms with Crippen LogP contribution in [0.15, 0.2) is 48.5 Å². The van der Waals surface area contributed by atoms with Crippen LogP contribution in [0.4, 0.5) is 5.69 Å². The van der Waals surface area contributed by atoms with Crippen molar-refractivity contribution in [1.82, 2.24) is 10.2 Å². The van der Waals surface area contributed by atoms with Crippen molar-refractivity contribution in [2.24, 2.45) is 0 Å². The zero-order valence-electron chi connectivity index (χ0n) is 22.0. The van der Waals surface area contributed by atoms with E-state index in [1.54, 1.807) is 19.1 Å². The number of nitrogens with zero attached hydrogens (tertiary/aromatic N) is 2. The summed E-state index contributed by atoms with van der Waals surface area (Å²) in [6, 6.07) is 14.4. The van der Waals surface area contributed by atoms with Gasteiger partial charge >= 0.3 is 0 Å². The van der Waals surface area contributed by atoms with E-state index in [2.05, 4.69) is 19.2 Å². The Balaban J connectivity index is 1.87. The van der Waals surface area contributed by atoms with E-state index in [4.69, 9.17) is 0 Å². The van der Waals surface area contributed by atoms with Crippen LogP contribution in [0.1, 0.15) is 69.1 Å². The summed E-state index contributed by atoms with van der Waals surface area (Å²) in [4.78, 5) is 28.3. The van der Waals surface area contributed by atoms with Gasteiger partial charge in [0.25, 0.3) is 0 Å². The van der Waals surface area contributed by atoms with E-state index in [1.807, 2.05) is 43.3 Å². The first-order chi connectivity index (χ1) is 17.0. The van der Waals surface area contributed by atoms with Gasteiger partial charge in [0.1, 0.15) is 12.6 Å². The van der Waals surface area contributed by atoms with E-state index in [-0.39, 0.29) is 25.0 Å². The minimum absolute atomic E-state index is 0.128. The van der Waals surface area contributed by atoms with E-state index in [9.17, 15) is 18.0 Å². The van der Waals surface area contributed by atoms with Crippen LogP contribution in [0, 0.1) is 6.92 Å². The molecule has 36 heavy (non-hydrogen) atoms. The molecule has 1 atom stereocenters. The molecule has 0 aromatic heterocycles. The summed E-state index contributed by atoms with van der Waals surface area (Å²) in [6.45, 7) is 7.64. The average Bonchev–Trinajstić information content (AvgIpc) is 3.33. The lowest BCUT2D eigenvalue weighted by atomic mass is 10.0. The molecule has 0 unspecified atom stereocenters. The molecule has 0 spiro atoms. The van der Waals surface area contributed by atoms with Gasteiger partial charge in [0.2, 0.25) is 21.8 Å². The van der Waals surface area contributed by atoms with Gasteiger partial charge in [0.15, 0.2) is 0 Å². The number of benzene rings is 2. The average molecular weight is 514 g/mol. The molecule has 7 nitrogen and oxygen atoms in total. The van der Waals surface area contributed by atoms with Gasteiger partial charge in [-0.2, -0.15) is 0 Å². The highest BCUT2D eigenvalue weighted by Crippen LogP contribution is 2.23. The topological polar surface area (TPSA) is 86.8 Å². The Labute approximate surface area is 215 Å². The Morgan fingerprint density at radius 3 is 2.22 bits per heavy atom. The van der Waals surface area contributed by atoms with Crippen molar-refractivity contribution in [1.29, 1.82) is 0 Å². The smallest absolute Gasteiger partial charge is 0.244 e. The van der Waals surface area contributed by atoms with E-state index in [0.29, 0.717) is 11.6 Å². The Hall–Kier alpha value is -2.87. The maximum atomic E-state index is 13.7. The van der Waals surface area contributed by atoms with Crippen LogP contribution < -0.4 is 9.62 Å². The van der Waals surface area contributed by atoms with Gasteiger partial charge in [-0.05, 0) is 55.9 Å². The van der Waals surface area contributed by atoms with Crippen molar-refractivity contribution >= 4 is 27.5 Å². The number of anilines is 1. The minimum Gasteiger partial charge on any atom is -0.352 e. The molecular formula is C28H39N3O4S. The number of sulfonamides is 1. The molecule has 1 aliphatic rings. The first-order valence-electron chi connectivity index (χ1n) is 12.7. The SMILES string of the molecule is Cc1cccc(CN(C(=O)CN(c2ccc(C(C)C)cc2)S(C)(=O)=O)[C@@H](C)C(=O)NC2CCCC2)c1. The highest BCUT2D eigenvalue weighted by Gasteiger charge is 2.31. The predicted octanol–water partition coefficient (Wildman–Crippen LogP) is 4.36. The quantitative estimate of drug-likeness (QED) is 0.511. The number of amides is 2. The van der Waals surface area contributed by atoms with Gasteiger partial charge in [-0.15, -0.1) is 0 Å². The summed E-state index contributed by atoms with van der Waals surface area (Å²) in [6.07, 6.45) is 5.16. The summed E-state index contributed by atoms with van der Waals surface area (Å²) in [5.41, 5.74) is 3.44. The number of carbonyl (C=O) groups is 2. The lowest BCUT2D eigenvalue weighted by Gasteiger charge is -2.32. The van der Waals surface area contributed by atoms with Crippen molar-refractivity contribution in [3.8, 4) is 0 Å². The molecule has 1 aliphatic carbocycles. The van der Waals surface area contributed by atoms with Crippen LogP contribution in [-0.2, 0) is 26.2 Å². The van der Waals surface area contributed by atoms with E-state index in [0.717, 1.165) is 52.9 Å². The molecule has 3 rings (SSSR count). The van der Waals surface area contributed by atoms with Crippen molar-refractivity contribution in [3.05, 3.63) is 65.2 Å². The fraction of sp³-hybridized carbons (Fsp3) is 0.500. The first kappa shape index (κ1) is 27.7. The van der Waals surface area contributed by atoms with Crippen LogP contribution in [0.25, 0.3) is 0 Å². The highest BCUT2D eigenvalue weighted by molar-refractivity contribution is 7.92. The molecule has 0 heterocycles. The van der Waals surface area contributed by atoms with E-state index >= 15 is 0 Å². The maximum Gasteiger partial charge on any atom is 0.244 e. The molecule has 1 N–H and O–H groups in total. The van der Waals surface area contributed by atoms with Crippen molar-refractivity contribution < 1.29 is 18.0 Å². The Bertz CT molecular complexity index is 1160. The Morgan fingerprint density at radius 2 is 1.67 bits per heavy atom. The fourth-order valence-corrected chi connectivity index (χ4v) is 5.47. The zero-order valence-corrected chi connectivity index (χ0v) is 22.8. The number of hydrogen-bond donors (Lipinski definition) is 1. The van der Waals surface area contributed by atoms with Crippen molar-refractivity contribution in [2.75, 3.05) is 17.1 Å². The van der Waals surface area contributed by atoms with Crippen LogP contribution >= 0.6 is 0 Å². The number of aryl methyl sites for hydroxylation is 1. The van der Waals surface area contributed by atoms with Crippen LogP contribution in [0.3, 0.4) is 0 Å². The molecule has 1 saturated carbocycles. The summed E-state index contributed by atoms with van der Waals surface area (Å²) in [5.74, 6) is -0.338. The predicted molar refractivity (Wildman–Crippen MR) is 144 cm³/mol. The molecule has 0 aliphatic heterocycles. The van der Waals surface area contributed by atoms with E-state index in [1.165, 1.54) is 4.90 Å². The monoisotopic (exact) mass is 513 g/mol. The number of carbonyl (C=O) groups excluding carboxylic acids is 2. The van der Waals surface area contributed by atoms with Crippen molar-refractivity contribution in [3.63, 3.8) is 0 Å². The molecule has 196 valence electrons. The fourth-order valence-electron chi connectivity index (χ4n) is 4.62. The Kier molecular flexibility index (Phi) is 9.17. The number of hydrogen-bond acceptors (Lipinski definition) is 4. The largest absolute Gasteiger partial charge is 0.352 e. The van der Waals surface area contributed by atoms with Gasteiger partial charge in [-0.1, -0.05) is 68.7 Å². The summed E-state index contributed by atoms with van der Waals surface area (Å²) in [5, 5.41) is 3.08. The van der Waals surface area contributed by atoms with E-state index < -0.39 is 22.0 Å². The van der Waals surface area contributed by atoms with Crippen LogP contribution in [-0.4, -0.2) is 50.0 Å². The maximum absolute atomic E-state index is 13.7. The number of nitrogens with one attached hydrogen (secondary N) is 1. The first-order valence-corrected chi connectivity index (χ1v) is 14.5. The summed E-state index contributed by atoms with van der Waals surface area (Å²) >= 11 is 0. The molecule has 0 radical (unpaired) electrons. The normalized spacial score (nSPS) is 15.1. The molecule has 2 aromatic rings. The van der Waals surface area contributed by atoms with Crippen molar-refractivity contribution in [2.45, 2.75) is 77.9 Å². The lowest BCUT2D eigenvalue weighted by molar-refractivity contribution is -0.139. The van der Waals surface area contributed by atoms with Crippen LogP contribution in [0.2, 0.25) is 0 Å². The molecular weight excluding hydrogens is 474 g/mol. The Morgan fingerprint density at radius 1 is 1.03 bits per heavy atom. The van der Waals surface area contributed by atoms with Gasteiger partial charge in [0, 0.05) is 12.6 Å². The zero-order chi connectivity index (χ0) is 26.5. The second kappa shape index (κ2) is 11.9. The third kappa shape index (κ3) is 7.32. The standard InChI is InChI=1S/C28H39N3O4S/c1-20(2)24-13-15-26(16-14-24)31(36(5,34)35)19-27(32)30(18-23-10-8-9-21(3)17-23)22(4)28(33)29-25-11-6-7-12-25/h8-10,13-17,20,22,25H,6-7,11-12,18-19H2,1-5H3,(H,29,33)/t22-/m0/s1. The molecule has 8 heteroatoms. The lowest BCUT2D eigenvalue weighted by Crippen LogP contribution is -2.52. The third-order valence-corrected chi connectivity index (χ3v) is 7.97. The highest BCUT2D eigenvalue weighted by atomic mass is 32.2. The minimum atomic E-state index is -3.74. The second-order valence-corrected chi connectivity index (χ2v) is 12.1. The van der Waals surface area contributed by atoms with Crippen LogP contribution in [0.5, 0.6) is 0 Å². The van der Waals surface area contributed by atoms with Gasteiger partial charge in [-0.25, -0.2) is 8.42 Å². The molecule has 1 fully saturated rings.